The van der Waals surface area contributed by atoms with E-state index in [1.54, 1.807) is 11.4 Å². The highest BCUT2D eigenvalue weighted by Crippen LogP contribution is 2.35. The number of alkyl halides is 3. The fourth-order valence-electron chi connectivity index (χ4n) is 1.25. The lowest BCUT2D eigenvalue weighted by Gasteiger charge is -2.24. The molecule has 1 aliphatic heterocycles. The number of amides is 3. The normalized spacial score (nSPS) is 25.6. The second-order valence-electron chi connectivity index (χ2n) is 3.42. The predicted octanol–water partition coefficient (Wildman–Crippen LogP) is 0.773. The number of nitriles is 1. The molecule has 1 heterocycles. The molecule has 0 bridgehead atoms. The van der Waals surface area contributed by atoms with Crippen LogP contribution in [0.1, 0.15) is 13.3 Å². The van der Waals surface area contributed by atoms with Crippen LogP contribution in [0.2, 0.25) is 0 Å². The zero-order valence-electron chi connectivity index (χ0n) is 8.26. The molecule has 0 aromatic heterocycles. The van der Waals surface area contributed by atoms with E-state index in [9.17, 15) is 22.8 Å². The van der Waals surface area contributed by atoms with Crippen LogP contribution in [-0.4, -0.2) is 35.1 Å². The first-order valence-electron chi connectivity index (χ1n) is 4.32. The molecule has 1 N–H and O–H groups in total. The van der Waals surface area contributed by atoms with E-state index in [0.717, 1.165) is 0 Å². The molecule has 0 saturated carbocycles. The number of nitrogens with one attached hydrogen (secondary N) is 1. The van der Waals surface area contributed by atoms with E-state index in [4.69, 9.17) is 5.26 Å². The lowest BCUT2D eigenvalue weighted by molar-refractivity contribution is -0.191. The van der Waals surface area contributed by atoms with Crippen molar-refractivity contribution in [2.45, 2.75) is 25.1 Å². The summed E-state index contributed by atoms with van der Waals surface area (Å²) in [6.07, 6.45) is -5.06. The van der Waals surface area contributed by atoms with Gasteiger partial charge in [0.2, 0.25) is 5.54 Å². The maximum atomic E-state index is 12.5. The molecule has 1 saturated heterocycles. The first-order chi connectivity index (χ1) is 7.24. The molecule has 0 spiro atoms. The van der Waals surface area contributed by atoms with Crippen LogP contribution < -0.4 is 5.32 Å². The summed E-state index contributed by atoms with van der Waals surface area (Å²) in [6, 6.07) is 0.522. The van der Waals surface area contributed by atoms with Gasteiger partial charge in [-0.25, -0.2) is 4.79 Å². The molecule has 16 heavy (non-hydrogen) atoms. The second kappa shape index (κ2) is 3.66. The van der Waals surface area contributed by atoms with Gasteiger partial charge < -0.3 is 5.32 Å². The number of nitrogens with zero attached hydrogens (tertiary/aromatic N) is 2. The predicted molar refractivity (Wildman–Crippen MR) is 44.9 cm³/mol. The van der Waals surface area contributed by atoms with Crippen molar-refractivity contribution < 1.29 is 22.8 Å². The van der Waals surface area contributed by atoms with Crippen LogP contribution >= 0.6 is 0 Å². The van der Waals surface area contributed by atoms with Gasteiger partial charge in [-0.05, 0) is 6.92 Å². The number of hydrogen-bond donors (Lipinski definition) is 1. The first kappa shape index (κ1) is 12.3. The van der Waals surface area contributed by atoms with Crippen LogP contribution in [0.15, 0.2) is 0 Å². The number of carbonyl (C=O) groups excluding carboxylic acids is 2. The highest BCUT2D eigenvalue weighted by molar-refractivity contribution is 6.07. The highest BCUT2D eigenvalue weighted by Gasteiger charge is 2.64. The summed E-state index contributed by atoms with van der Waals surface area (Å²) in [5.74, 6) is -1.37. The molecule has 0 radical (unpaired) electrons. The Morgan fingerprint density at radius 3 is 2.44 bits per heavy atom. The van der Waals surface area contributed by atoms with Crippen molar-refractivity contribution in [1.29, 1.82) is 5.26 Å². The van der Waals surface area contributed by atoms with Crippen LogP contribution in [0.4, 0.5) is 18.0 Å². The van der Waals surface area contributed by atoms with Crippen LogP contribution in [-0.2, 0) is 4.79 Å². The molecule has 1 rings (SSSR count). The zero-order chi connectivity index (χ0) is 12.6. The Bertz CT molecular complexity index is 374. The van der Waals surface area contributed by atoms with E-state index in [-0.39, 0.29) is 13.0 Å². The lowest BCUT2D eigenvalue weighted by atomic mass is 10.0. The van der Waals surface area contributed by atoms with E-state index in [2.05, 4.69) is 0 Å². The molecule has 3 amide bonds. The molecule has 88 valence electrons. The van der Waals surface area contributed by atoms with Crippen molar-refractivity contribution in [3.05, 3.63) is 0 Å². The Morgan fingerprint density at radius 1 is 1.50 bits per heavy atom. The van der Waals surface area contributed by atoms with Crippen molar-refractivity contribution in [2.75, 3.05) is 6.54 Å². The summed E-state index contributed by atoms with van der Waals surface area (Å²) in [6.45, 7) is 0.256. The van der Waals surface area contributed by atoms with Crippen LogP contribution in [0.3, 0.4) is 0 Å². The van der Waals surface area contributed by atoms with Crippen molar-refractivity contribution in [3.8, 4) is 6.07 Å². The van der Waals surface area contributed by atoms with E-state index < -0.39 is 23.7 Å². The van der Waals surface area contributed by atoms with Crippen LogP contribution in [0.5, 0.6) is 0 Å². The SMILES string of the molecule is CC1(C(F)(F)F)NC(=O)N(CCC#N)C1=O. The van der Waals surface area contributed by atoms with Gasteiger partial charge in [-0.3, -0.25) is 9.69 Å². The van der Waals surface area contributed by atoms with E-state index in [1.165, 1.54) is 0 Å². The summed E-state index contributed by atoms with van der Waals surface area (Å²) >= 11 is 0. The Labute approximate surface area is 88.8 Å². The van der Waals surface area contributed by atoms with E-state index in [0.29, 0.717) is 11.8 Å². The van der Waals surface area contributed by atoms with Gasteiger partial charge >= 0.3 is 12.2 Å². The van der Waals surface area contributed by atoms with Gasteiger partial charge in [0, 0.05) is 6.54 Å². The third-order valence-electron chi connectivity index (χ3n) is 2.29. The van der Waals surface area contributed by atoms with Crippen molar-refractivity contribution >= 4 is 11.9 Å². The van der Waals surface area contributed by atoms with Crippen molar-refractivity contribution in [3.63, 3.8) is 0 Å². The average molecular weight is 235 g/mol. The Balaban J connectivity index is 2.95. The summed E-state index contributed by atoms with van der Waals surface area (Å²) in [5, 5.41) is 9.83. The summed E-state index contributed by atoms with van der Waals surface area (Å²) in [7, 11) is 0. The van der Waals surface area contributed by atoms with Crippen LogP contribution in [0.25, 0.3) is 0 Å². The number of imide groups is 1. The average Bonchev–Trinajstić information content (AvgIpc) is 2.36. The maximum absolute atomic E-state index is 12.5. The van der Waals surface area contributed by atoms with Crippen molar-refractivity contribution in [1.82, 2.24) is 10.2 Å². The monoisotopic (exact) mass is 235 g/mol. The minimum Gasteiger partial charge on any atom is -0.316 e. The molecule has 8 heteroatoms. The zero-order valence-corrected chi connectivity index (χ0v) is 8.26. The standard InChI is InChI=1S/C8H8F3N3O2/c1-7(8(9,10)11)5(15)14(4-2-3-12)6(16)13-7/h2,4H2,1H3,(H,13,16). The molecule has 0 aromatic carbocycles. The van der Waals surface area contributed by atoms with Gasteiger partial charge in [0.1, 0.15) is 0 Å². The Hall–Kier alpha value is -1.78. The summed E-state index contributed by atoms with van der Waals surface area (Å²) in [4.78, 5) is 22.9. The Morgan fingerprint density at radius 2 is 2.06 bits per heavy atom. The fourth-order valence-corrected chi connectivity index (χ4v) is 1.25. The van der Waals surface area contributed by atoms with E-state index in [1.807, 2.05) is 0 Å². The molecule has 1 atom stereocenters. The molecular formula is C8H8F3N3O2. The van der Waals surface area contributed by atoms with E-state index >= 15 is 0 Å². The highest BCUT2D eigenvalue weighted by atomic mass is 19.4. The number of urea groups is 1. The second-order valence-corrected chi connectivity index (χ2v) is 3.42. The van der Waals surface area contributed by atoms with Gasteiger partial charge in [-0.2, -0.15) is 18.4 Å². The topological polar surface area (TPSA) is 73.2 Å². The molecule has 5 nitrogen and oxygen atoms in total. The van der Waals surface area contributed by atoms with Gasteiger partial charge in [-0.1, -0.05) is 0 Å². The molecule has 1 unspecified atom stereocenters. The third kappa shape index (κ3) is 1.68. The summed E-state index contributed by atoms with van der Waals surface area (Å²) < 4.78 is 37.6. The number of hydrogen-bond acceptors (Lipinski definition) is 3. The van der Waals surface area contributed by atoms with Crippen LogP contribution in [0, 0.1) is 11.3 Å². The minimum absolute atomic E-state index is 0.201. The number of carbonyl (C=O) groups is 2. The Kier molecular flexibility index (Phi) is 2.81. The van der Waals surface area contributed by atoms with Gasteiger partial charge in [0.05, 0.1) is 12.5 Å². The quantitative estimate of drug-likeness (QED) is 0.718. The fraction of sp³-hybridized carbons (Fsp3) is 0.625. The molecule has 1 aliphatic rings. The molecule has 1 fully saturated rings. The smallest absolute Gasteiger partial charge is 0.316 e. The number of rotatable bonds is 2. The molecule has 0 aliphatic carbocycles. The van der Waals surface area contributed by atoms with Gasteiger partial charge in [0.25, 0.3) is 5.91 Å². The van der Waals surface area contributed by atoms with Gasteiger partial charge in [0.15, 0.2) is 0 Å². The minimum atomic E-state index is -4.86. The molecule has 0 aromatic rings. The first-order valence-corrected chi connectivity index (χ1v) is 4.32. The third-order valence-corrected chi connectivity index (χ3v) is 2.29. The maximum Gasteiger partial charge on any atom is 0.420 e. The number of halogens is 3. The lowest BCUT2D eigenvalue weighted by Crippen LogP contribution is -2.56. The summed E-state index contributed by atoms with van der Waals surface area (Å²) in [5.41, 5.74) is -2.89. The molecular weight excluding hydrogens is 227 g/mol. The van der Waals surface area contributed by atoms with Gasteiger partial charge in [-0.15, -0.1) is 0 Å². The van der Waals surface area contributed by atoms with Crippen molar-refractivity contribution in [2.24, 2.45) is 0 Å². The largest absolute Gasteiger partial charge is 0.420 e.